The summed E-state index contributed by atoms with van der Waals surface area (Å²) in [4.78, 5) is 23.4. The zero-order chi connectivity index (χ0) is 16.7. The average Bonchev–Trinajstić information content (AvgIpc) is 2.56. The van der Waals surface area contributed by atoms with Gasteiger partial charge in [0.25, 0.3) is 0 Å². The molecular formula is C18H19NO4. The zero-order valence-electron chi connectivity index (χ0n) is 12.6. The van der Waals surface area contributed by atoms with Gasteiger partial charge in [-0.2, -0.15) is 0 Å². The molecular weight excluding hydrogens is 294 g/mol. The minimum absolute atomic E-state index is 0.143. The van der Waals surface area contributed by atoms with Crippen molar-refractivity contribution in [3.8, 4) is 0 Å². The lowest BCUT2D eigenvalue weighted by molar-refractivity contribution is -0.143. The van der Waals surface area contributed by atoms with E-state index in [1.807, 2.05) is 24.3 Å². The third-order valence-electron chi connectivity index (χ3n) is 3.47. The highest BCUT2D eigenvalue weighted by molar-refractivity contribution is 5.86. The van der Waals surface area contributed by atoms with E-state index in [1.54, 1.807) is 36.4 Å². The maximum atomic E-state index is 12.0. The van der Waals surface area contributed by atoms with Crippen molar-refractivity contribution in [3.05, 3.63) is 71.8 Å². The van der Waals surface area contributed by atoms with E-state index in [2.05, 4.69) is 5.32 Å². The summed E-state index contributed by atoms with van der Waals surface area (Å²) in [5, 5.41) is 21.6. The summed E-state index contributed by atoms with van der Waals surface area (Å²) in [7, 11) is 0. The van der Waals surface area contributed by atoms with Gasteiger partial charge in [-0.05, 0) is 11.1 Å². The van der Waals surface area contributed by atoms with Crippen LogP contribution in [0.2, 0.25) is 0 Å². The predicted octanol–water partition coefficient (Wildman–Crippen LogP) is 1.40. The molecule has 0 aliphatic carbocycles. The number of hydrogen-bond donors (Lipinski definition) is 3. The van der Waals surface area contributed by atoms with Crippen molar-refractivity contribution in [2.24, 2.45) is 0 Å². The molecule has 1 amide bonds. The monoisotopic (exact) mass is 313 g/mol. The van der Waals surface area contributed by atoms with Gasteiger partial charge >= 0.3 is 5.97 Å². The molecule has 0 bridgehead atoms. The van der Waals surface area contributed by atoms with Crippen LogP contribution in [0.15, 0.2) is 60.7 Å². The molecule has 0 aromatic heterocycles. The second kappa shape index (κ2) is 8.10. The Kier molecular flexibility index (Phi) is 5.88. The third-order valence-corrected chi connectivity index (χ3v) is 3.47. The SMILES string of the molecule is O=C(NC(Cc1ccccc1)C(=O)O)C(O)Cc1ccccc1. The van der Waals surface area contributed by atoms with E-state index in [1.165, 1.54) is 0 Å². The van der Waals surface area contributed by atoms with Crippen molar-refractivity contribution in [2.75, 3.05) is 0 Å². The molecule has 2 unspecified atom stereocenters. The summed E-state index contributed by atoms with van der Waals surface area (Å²) in [5.74, 6) is -1.81. The number of hydrogen-bond acceptors (Lipinski definition) is 3. The van der Waals surface area contributed by atoms with Gasteiger partial charge in [0.2, 0.25) is 5.91 Å². The van der Waals surface area contributed by atoms with Crippen LogP contribution in [-0.4, -0.2) is 34.2 Å². The second-order valence-electron chi connectivity index (χ2n) is 5.29. The summed E-state index contributed by atoms with van der Waals surface area (Å²) < 4.78 is 0. The molecule has 23 heavy (non-hydrogen) atoms. The number of aliphatic hydroxyl groups excluding tert-OH is 1. The first-order valence-corrected chi connectivity index (χ1v) is 7.35. The van der Waals surface area contributed by atoms with Crippen molar-refractivity contribution >= 4 is 11.9 Å². The smallest absolute Gasteiger partial charge is 0.326 e. The molecule has 5 nitrogen and oxygen atoms in total. The number of carboxylic acids is 1. The fraction of sp³-hybridized carbons (Fsp3) is 0.222. The van der Waals surface area contributed by atoms with Gasteiger partial charge in [-0.3, -0.25) is 4.79 Å². The Morgan fingerprint density at radius 2 is 1.35 bits per heavy atom. The van der Waals surface area contributed by atoms with E-state index < -0.39 is 24.0 Å². The summed E-state index contributed by atoms with van der Waals surface area (Å²) in [6.07, 6.45) is -0.973. The molecule has 3 N–H and O–H groups in total. The van der Waals surface area contributed by atoms with E-state index in [9.17, 15) is 19.8 Å². The van der Waals surface area contributed by atoms with E-state index in [4.69, 9.17) is 0 Å². The highest BCUT2D eigenvalue weighted by atomic mass is 16.4. The van der Waals surface area contributed by atoms with Crippen LogP contribution in [0.25, 0.3) is 0 Å². The summed E-state index contributed by atoms with van der Waals surface area (Å²) >= 11 is 0. The quantitative estimate of drug-likeness (QED) is 0.721. The first-order valence-electron chi connectivity index (χ1n) is 7.35. The molecule has 5 heteroatoms. The predicted molar refractivity (Wildman–Crippen MR) is 85.9 cm³/mol. The van der Waals surface area contributed by atoms with Crippen LogP contribution < -0.4 is 5.32 Å². The van der Waals surface area contributed by atoms with Gasteiger partial charge < -0.3 is 15.5 Å². The molecule has 120 valence electrons. The molecule has 0 spiro atoms. The van der Waals surface area contributed by atoms with Gasteiger partial charge in [-0.15, -0.1) is 0 Å². The van der Waals surface area contributed by atoms with Crippen molar-refractivity contribution in [2.45, 2.75) is 25.0 Å². The molecule has 0 saturated carbocycles. The number of carbonyl (C=O) groups excluding carboxylic acids is 1. The summed E-state index contributed by atoms with van der Waals surface area (Å²) in [6, 6.07) is 17.0. The molecule has 0 saturated heterocycles. The normalized spacial score (nSPS) is 13.1. The van der Waals surface area contributed by atoms with Crippen LogP contribution in [0.5, 0.6) is 0 Å². The fourth-order valence-electron chi connectivity index (χ4n) is 2.25. The second-order valence-corrected chi connectivity index (χ2v) is 5.29. The largest absolute Gasteiger partial charge is 0.480 e. The molecule has 0 radical (unpaired) electrons. The average molecular weight is 313 g/mol. The number of amides is 1. The molecule has 0 aliphatic rings. The highest BCUT2D eigenvalue weighted by Crippen LogP contribution is 2.06. The molecule has 0 aliphatic heterocycles. The molecule has 2 atom stereocenters. The topological polar surface area (TPSA) is 86.6 Å². The summed E-state index contributed by atoms with van der Waals surface area (Å²) in [6.45, 7) is 0. The zero-order valence-corrected chi connectivity index (χ0v) is 12.6. The van der Waals surface area contributed by atoms with E-state index >= 15 is 0 Å². The van der Waals surface area contributed by atoms with E-state index in [0.717, 1.165) is 11.1 Å². The van der Waals surface area contributed by atoms with Gasteiger partial charge in [0.1, 0.15) is 12.1 Å². The van der Waals surface area contributed by atoms with Crippen molar-refractivity contribution < 1.29 is 19.8 Å². The Morgan fingerprint density at radius 3 is 1.83 bits per heavy atom. The number of carboxylic acid groups (broad SMARTS) is 1. The fourth-order valence-corrected chi connectivity index (χ4v) is 2.25. The highest BCUT2D eigenvalue weighted by Gasteiger charge is 2.24. The number of aliphatic carboxylic acids is 1. The van der Waals surface area contributed by atoms with Gasteiger partial charge in [0, 0.05) is 12.8 Å². The first-order chi connectivity index (χ1) is 11.1. The van der Waals surface area contributed by atoms with Gasteiger partial charge in [-0.25, -0.2) is 4.79 Å². The van der Waals surface area contributed by atoms with Crippen LogP contribution in [0.1, 0.15) is 11.1 Å². The van der Waals surface area contributed by atoms with Crippen LogP contribution in [0, 0.1) is 0 Å². The van der Waals surface area contributed by atoms with E-state index in [-0.39, 0.29) is 12.8 Å². The molecule has 2 aromatic carbocycles. The maximum absolute atomic E-state index is 12.0. The molecule has 0 heterocycles. The van der Waals surface area contributed by atoms with Crippen LogP contribution >= 0.6 is 0 Å². The number of aliphatic hydroxyl groups is 1. The Bertz CT molecular complexity index is 643. The van der Waals surface area contributed by atoms with E-state index in [0.29, 0.717) is 0 Å². The lowest BCUT2D eigenvalue weighted by Gasteiger charge is -2.17. The maximum Gasteiger partial charge on any atom is 0.326 e. The number of rotatable bonds is 7. The van der Waals surface area contributed by atoms with Crippen molar-refractivity contribution in [1.29, 1.82) is 0 Å². The van der Waals surface area contributed by atoms with Gasteiger partial charge in [-0.1, -0.05) is 60.7 Å². The Hall–Kier alpha value is -2.66. The Morgan fingerprint density at radius 1 is 0.870 bits per heavy atom. The van der Waals surface area contributed by atoms with Crippen LogP contribution in [0.3, 0.4) is 0 Å². The first kappa shape index (κ1) is 16.7. The third kappa shape index (κ3) is 5.23. The number of nitrogens with one attached hydrogen (secondary N) is 1. The standard InChI is InChI=1S/C18H19NO4/c20-16(12-14-9-5-2-6-10-14)17(21)19-15(18(22)23)11-13-7-3-1-4-8-13/h1-10,15-16,20H,11-12H2,(H,19,21)(H,22,23). The Labute approximate surface area is 134 Å². The minimum Gasteiger partial charge on any atom is -0.480 e. The molecule has 2 rings (SSSR count). The van der Waals surface area contributed by atoms with Gasteiger partial charge in [0.05, 0.1) is 0 Å². The lowest BCUT2D eigenvalue weighted by atomic mass is 10.0. The minimum atomic E-state index is -1.28. The van der Waals surface area contributed by atoms with Crippen LogP contribution in [-0.2, 0) is 22.4 Å². The molecule has 2 aromatic rings. The molecule has 0 fully saturated rings. The van der Waals surface area contributed by atoms with Gasteiger partial charge in [0.15, 0.2) is 0 Å². The van der Waals surface area contributed by atoms with Crippen molar-refractivity contribution in [3.63, 3.8) is 0 Å². The Balaban J connectivity index is 1.96. The van der Waals surface area contributed by atoms with Crippen LogP contribution in [0.4, 0.5) is 0 Å². The lowest BCUT2D eigenvalue weighted by Crippen LogP contribution is -2.47. The number of benzene rings is 2. The number of carbonyl (C=O) groups is 2. The van der Waals surface area contributed by atoms with Crippen molar-refractivity contribution in [1.82, 2.24) is 5.32 Å². The summed E-state index contributed by atoms with van der Waals surface area (Å²) in [5.41, 5.74) is 1.61.